The van der Waals surface area contributed by atoms with Crippen LogP contribution in [-0.4, -0.2) is 9.97 Å². The molecule has 1 aliphatic carbocycles. The van der Waals surface area contributed by atoms with Crippen molar-refractivity contribution in [3.05, 3.63) is 228 Å². The molecule has 2 aromatic heterocycles. The highest BCUT2D eigenvalue weighted by molar-refractivity contribution is 6.06. The van der Waals surface area contributed by atoms with E-state index >= 15 is 0 Å². The van der Waals surface area contributed by atoms with Gasteiger partial charge in [0, 0.05) is 27.5 Å². The van der Waals surface area contributed by atoms with Crippen molar-refractivity contribution < 1.29 is 4.42 Å². The van der Waals surface area contributed by atoms with Gasteiger partial charge in [0.05, 0.1) is 16.8 Å². The van der Waals surface area contributed by atoms with Gasteiger partial charge in [0.1, 0.15) is 11.2 Å². The van der Waals surface area contributed by atoms with Crippen LogP contribution in [0.15, 0.2) is 199 Å². The molecule has 0 bridgehead atoms. The lowest BCUT2D eigenvalue weighted by Gasteiger charge is -2.36. The van der Waals surface area contributed by atoms with Gasteiger partial charge in [-0.2, -0.15) is 0 Å². The van der Waals surface area contributed by atoms with E-state index in [1.807, 2.05) is 18.2 Å². The Bertz CT molecular complexity index is 3360. The first-order chi connectivity index (χ1) is 30.9. The maximum Gasteiger partial charge on any atom is 0.160 e. The van der Waals surface area contributed by atoms with Gasteiger partial charge in [0.15, 0.2) is 5.82 Å². The Hall–Kier alpha value is -7.36. The highest BCUT2D eigenvalue weighted by atomic mass is 16.3. The van der Waals surface area contributed by atoms with Crippen molar-refractivity contribution in [3.8, 4) is 56.2 Å². The molecule has 0 aliphatic heterocycles. The minimum atomic E-state index is -0.585. The Labute approximate surface area is 376 Å². The molecule has 11 rings (SSSR count). The lowest BCUT2D eigenvalue weighted by molar-refractivity contribution is 0.585. The third kappa shape index (κ3) is 6.57. The number of benzene rings is 8. The van der Waals surface area contributed by atoms with E-state index in [1.165, 1.54) is 44.5 Å². The fourth-order valence-electron chi connectivity index (χ4n) is 9.89. The van der Waals surface area contributed by atoms with Crippen LogP contribution in [0.5, 0.6) is 0 Å². The van der Waals surface area contributed by atoms with Crippen molar-refractivity contribution in [1.29, 1.82) is 0 Å². The molecule has 64 heavy (non-hydrogen) atoms. The smallest absolute Gasteiger partial charge is 0.160 e. The Morgan fingerprint density at radius 2 is 0.922 bits per heavy atom. The molecule has 0 fully saturated rings. The van der Waals surface area contributed by atoms with Crippen molar-refractivity contribution in [3.63, 3.8) is 0 Å². The third-order valence-corrected chi connectivity index (χ3v) is 13.3. The summed E-state index contributed by atoms with van der Waals surface area (Å²) in [5.74, 6) is 0.690. The van der Waals surface area contributed by atoms with E-state index < -0.39 is 5.41 Å². The number of aromatic nitrogens is 2. The van der Waals surface area contributed by atoms with Crippen LogP contribution < -0.4 is 0 Å². The number of furan rings is 1. The summed E-state index contributed by atoms with van der Waals surface area (Å²) in [6.45, 7) is 13.8. The fourth-order valence-corrected chi connectivity index (χ4v) is 9.89. The van der Waals surface area contributed by atoms with Gasteiger partial charge < -0.3 is 4.42 Å². The van der Waals surface area contributed by atoms with Crippen molar-refractivity contribution in [1.82, 2.24) is 9.97 Å². The minimum absolute atomic E-state index is 0.0316. The van der Waals surface area contributed by atoms with E-state index in [9.17, 15) is 0 Å². The molecule has 0 radical (unpaired) electrons. The van der Waals surface area contributed by atoms with E-state index in [0.717, 1.165) is 61.1 Å². The molecule has 8 aromatic carbocycles. The topological polar surface area (TPSA) is 38.9 Å². The highest BCUT2D eigenvalue weighted by Gasteiger charge is 2.47. The molecule has 0 unspecified atom stereocenters. The van der Waals surface area contributed by atoms with Crippen LogP contribution in [0.1, 0.15) is 74.9 Å². The molecule has 10 aromatic rings. The summed E-state index contributed by atoms with van der Waals surface area (Å²) in [6, 6.07) is 70.6. The zero-order valence-electron chi connectivity index (χ0n) is 37.3. The number of hydrogen-bond acceptors (Lipinski definition) is 3. The molecule has 0 atom stereocenters. The summed E-state index contributed by atoms with van der Waals surface area (Å²) in [6.07, 6.45) is 0. The molecule has 3 heteroatoms. The van der Waals surface area contributed by atoms with Gasteiger partial charge in [-0.3, -0.25) is 0 Å². The summed E-state index contributed by atoms with van der Waals surface area (Å²) < 4.78 is 6.18. The SMILES string of the molecule is CC(C)(C)c1cccc(C2(c3cccc(C(C)(C)C)c3)c3ccccc3-c3ccc(-c4cc(-c5cccc(-c6ccc7oc8ccccc8c7c6)c5)nc(-c5ccccc5)n4)cc32)c1. The number of nitrogens with zero attached hydrogens (tertiary/aromatic N) is 2. The number of fused-ring (bicyclic) bond motifs is 6. The summed E-state index contributed by atoms with van der Waals surface area (Å²) in [5.41, 5.74) is 18.4. The van der Waals surface area contributed by atoms with Crippen molar-refractivity contribution in [2.45, 2.75) is 57.8 Å². The second-order valence-corrected chi connectivity index (χ2v) is 19.4. The van der Waals surface area contributed by atoms with Gasteiger partial charge in [-0.25, -0.2) is 9.97 Å². The van der Waals surface area contributed by atoms with Crippen LogP contribution in [-0.2, 0) is 16.2 Å². The standard InChI is InChI=1S/C61H50N2O/c1-59(2,3)44-21-15-23-46(36-44)61(47-24-16-22-45(37-47)60(4,5)6)52-27-12-10-25-48(52)49-31-29-43(35-53(49)61)55-38-54(62-58(63-55)39-17-8-7-9-18-39)42-20-14-19-40(33-42)41-30-32-57-51(34-41)50-26-11-13-28-56(50)64-57/h7-38H,1-6H3. The van der Waals surface area contributed by atoms with Gasteiger partial charge in [0.2, 0.25) is 0 Å². The van der Waals surface area contributed by atoms with Crippen molar-refractivity contribution in [2.24, 2.45) is 0 Å². The molecule has 0 saturated heterocycles. The Balaban J connectivity index is 1.12. The third-order valence-electron chi connectivity index (χ3n) is 13.3. The first-order valence-electron chi connectivity index (χ1n) is 22.4. The zero-order valence-corrected chi connectivity index (χ0v) is 37.3. The van der Waals surface area contributed by atoms with Gasteiger partial charge >= 0.3 is 0 Å². The molecule has 0 N–H and O–H groups in total. The molecule has 0 amide bonds. The Morgan fingerprint density at radius 3 is 1.64 bits per heavy atom. The van der Waals surface area contributed by atoms with E-state index in [2.05, 4.69) is 217 Å². The van der Waals surface area contributed by atoms with Crippen molar-refractivity contribution in [2.75, 3.05) is 0 Å². The van der Waals surface area contributed by atoms with Gasteiger partial charge in [-0.05, 0) is 103 Å². The van der Waals surface area contributed by atoms with Crippen LogP contribution >= 0.6 is 0 Å². The van der Waals surface area contributed by atoms with Crippen LogP contribution in [0, 0.1) is 0 Å². The lowest BCUT2D eigenvalue weighted by atomic mass is 9.66. The average molecular weight is 827 g/mol. The van der Waals surface area contributed by atoms with Crippen LogP contribution in [0.25, 0.3) is 78.1 Å². The molecule has 310 valence electrons. The largest absolute Gasteiger partial charge is 0.456 e. The van der Waals surface area contributed by atoms with Gasteiger partial charge in [-0.1, -0.05) is 199 Å². The quantitative estimate of drug-likeness (QED) is 0.168. The zero-order chi connectivity index (χ0) is 43.8. The van der Waals surface area contributed by atoms with Gasteiger partial charge in [-0.15, -0.1) is 0 Å². The average Bonchev–Trinajstić information content (AvgIpc) is 3.84. The highest BCUT2D eigenvalue weighted by Crippen LogP contribution is 2.57. The summed E-state index contributed by atoms with van der Waals surface area (Å²) in [7, 11) is 0. The van der Waals surface area contributed by atoms with Crippen LogP contribution in [0.2, 0.25) is 0 Å². The van der Waals surface area contributed by atoms with E-state index in [0.29, 0.717) is 5.82 Å². The number of rotatable bonds is 6. The first-order valence-corrected chi connectivity index (χ1v) is 22.4. The van der Waals surface area contributed by atoms with Gasteiger partial charge in [0.25, 0.3) is 0 Å². The normalized spacial score (nSPS) is 13.3. The number of para-hydroxylation sites is 1. The Kier molecular flexibility index (Phi) is 9.18. The number of hydrogen-bond donors (Lipinski definition) is 0. The molecule has 0 spiro atoms. The maximum atomic E-state index is 6.18. The molecular formula is C61H50N2O. The molecule has 3 nitrogen and oxygen atoms in total. The predicted molar refractivity (Wildman–Crippen MR) is 266 cm³/mol. The molecule has 2 heterocycles. The minimum Gasteiger partial charge on any atom is -0.456 e. The van der Waals surface area contributed by atoms with E-state index in [-0.39, 0.29) is 10.8 Å². The maximum absolute atomic E-state index is 6.18. The Morgan fingerprint density at radius 1 is 0.375 bits per heavy atom. The second kappa shape index (κ2) is 14.9. The summed E-state index contributed by atoms with van der Waals surface area (Å²) in [4.78, 5) is 10.7. The van der Waals surface area contributed by atoms with Crippen LogP contribution in [0.3, 0.4) is 0 Å². The molecule has 0 saturated carbocycles. The monoisotopic (exact) mass is 826 g/mol. The van der Waals surface area contributed by atoms with E-state index in [1.54, 1.807) is 0 Å². The molecular weight excluding hydrogens is 777 g/mol. The summed E-state index contributed by atoms with van der Waals surface area (Å²) in [5, 5.41) is 2.23. The predicted octanol–water partition coefficient (Wildman–Crippen LogP) is 16.0. The molecule has 1 aliphatic rings. The fraction of sp³-hybridized carbons (Fsp3) is 0.148. The second-order valence-electron chi connectivity index (χ2n) is 19.4. The van der Waals surface area contributed by atoms with Crippen molar-refractivity contribution >= 4 is 21.9 Å². The lowest BCUT2D eigenvalue weighted by Crippen LogP contribution is -2.30. The van der Waals surface area contributed by atoms with E-state index in [4.69, 9.17) is 14.4 Å². The van der Waals surface area contributed by atoms with Crippen LogP contribution in [0.4, 0.5) is 0 Å². The first kappa shape index (κ1) is 39.5. The summed E-state index contributed by atoms with van der Waals surface area (Å²) >= 11 is 0.